The van der Waals surface area contributed by atoms with Crippen molar-refractivity contribution in [3.8, 4) is 0 Å². The third-order valence-corrected chi connectivity index (χ3v) is 2.16. The number of hydrogen-bond donors (Lipinski definition) is 2. The summed E-state index contributed by atoms with van der Waals surface area (Å²) in [4.78, 5) is 0. The van der Waals surface area contributed by atoms with Gasteiger partial charge in [-0.05, 0) is 33.2 Å². The number of nitrogens with one attached hydrogen (secondary N) is 1. The molecule has 0 saturated carbocycles. The van der Waals surface area contributed by atoms with Crippen LogP contribution in [0.5, 0.6) is 0 Å². The van der Waals surface area contributed by atoms with E-state index in [0.717, 1.165) is 13.0 Å². The van der Waals surface area contributed by atoms with Crippen LogP contribution in [-0.2, 0) is 0 Å². The molecule has 1 aliphatic rings. The van der Waals surface area contributed by atoms with Gasteiger partial charge in [0.25, 0.3) is 0 Å². The monoisotopic (exact) mass is 143 g/mol. The molecule has 1 heterocycles. The summed E-state index contributed by atoms with van der Waals surface area (Å²) < 4.78 is 0. The summed E-state index contributed by atoms with van der Waals surface area (Å²) in [5, 5.41) is 12.9. The minimum absolute atomic E-state index is 0.307. The smallest absolute Gasteiger partial charge is 0.0744 e. The van der Waals surface area contributed by atoms with E-state index in [2.05, 4.69) is 5.32 Å². The Balaban J connectivity index is 2.39. The molecule has 1 rings (SSSR count). The lowest BCUT2D eigenvalue weighted by Gasteiger charge is -2.33. The van der Waals surface area contributed by atoms with Crippen LogP contribution >= 0.6 is 0 Å². The first-order valence-corrected chi connectivity index (χ1v) is 4.06. The maximum atomic E-state index is 9.58. The second-order valence-corrected chi connectivity index (χ2v) is 3.66. The molecule has 0 aromatic heterocycles. The maximum absolute atomic E-state index is 9.58. The van der Waals surface area contributed by atoms with Crippen LogP contribution in [0.2, 0.25) is 0 Å². The average molecular weight is 143 g/mol. The van der Waals surface area contributed by atoms with Crippen molar-refractivity contribution in [2.75, 3.05) is 6.54 Å². The Morgan fingerprint density at radius 1 is 1.40 bits per heavy atom. The van der Waals surface area contributed by atoms with Gasteiger partial charge < -0.3 is 10.4 Å². The molecule has 2 heteroatoms. The van der Waals surface area contributed by atoms with Gasteiger partial charge in [-0.15, -0.1) is 0 Å². The van der Waals surface area contributed by atoms with Crippen molar-refractivity contribution in [1.82, 2.24) is 5.32 Å². The van der Waals surface area contributed by atoms with E-state index in [1.165, 1.54) is 12.8 Å². The normalized spacial score (nSPS) is 28.5. The van der Waals surface area contributed by atoms with Crippen molar-refractivity contribution in [3.05, 3.63) is 0 Å². The molecule has 0 unspecified atom stereocenters. The van der Waals surface area contributed by atoms with E-state index >= 15 is 0 Å². The summed E-state index contributed by atoms with van der Waals surface area (Å²) >= 11 is 0. The summed E-state index contributed by atoms with van der Waals surface area (Å²) in [7, 11) is 0. The molecule has 1 aliphatic heterocycles. The van der Waals surface area contributed by atoms with Gasteiger partial charge >= 0.3 is 0 Å². The highest BCUT2D eigenvalue weighted by molar-refractivity contribution is 4.85. The van der Waals surface area contributed by atoms with Crippen LogP contribution in [0.4, 0.5) is 0 Å². The van der Waals surface area contributed by atoms with Gasteiger partial charge in [0.15, 0.2) is 0 Å². The molecular formula is C8H17NO. The topological polar surface area (TPSA) is 32.3 Å². The quantitative estimate of drug-likeness (QED) is 0.571. The predicted molar refractivity (Wildman–Crippen MR) is 41.9 cm³/mol. The third-order valence-electron chi connectivity index (χ3n) is 2.16. The van der Waals surface area contributed by atoms with E-state index < -0.39 is 5.60 Å². The maximum Gasteiger partial charge on any atom is 0.0744 e. The Bertz CT molecular complexity index is 100. The molecule has 2 nitrogen and oxygen atoms in total. The second-order valence-electron chi connectivity index (χ2n) is 3.66. The van der Waals surface area contributed by atoms with Crippen molar-refractivity contribution in [2.45, 2.75) is 44.8 Å². The molecule has 0 aromatic carbocycles. The Kier molecular flexibility index (Phi) is 2.32. The average Bonchev–Trinajstić information content (AvgIpc) is 1.88. The van der Waals surface area contributed by atoms with Crippen molar-refractivity contribution in [2.24, 2.45) is 0 Å². The van der Waals surface area contributed by atoms with Crippen molar-refractivity contribution < 1.29 is 5.11 Å². The second kappa shape index (κ2) is 2.89. The molecule has 60 valence electrons. The first-order chi connectivity index (χ1) is 4.61. The van der Waals surface area contributed by atoms with E-state index in [1.807, 2.05) is 13.8 Å². The molecular weight excluding hydrogens is 126 g/mol. The zero-order valence-electron chi connectivity index (χ0n) is 6.85. The van der Waals surface area contributed by atoms with Crippen LogP contribution in [0.15, 0.2) is 0 Å². The molecule has 1 fully saturated rings. The predicted octanol–water partition coefficient (Wildman–Crippen LogP) is 0.899. The summed E-state index contributed by atoms with van der Waals surface area (Å²) in [6, 6.07) is 0.307. The van der Waals surface area contributed by atoms with Gasteiger partial charge in [0, 0.05) is 6.04 Å². The first-order valence-electron chi connectivity index (χ1n) is 4.06. The van der Waals surface area contributed by atoms with Crippen LogP contribution in [0.25, 0.3) is 0 Å². The lowest BCUT2D eigenvalue weighted by atomic mass is 9.91. The van der Waals surface area contributed by atoms with Crippen molar-refractivity contribution in [1.29, 1.82) is 0 Å². The molecule has 0 aliphatic carbocycles. The van der Waals surface area contributed by atoms with Crippen LogP contribution < -0.4 is 5.32 Å². The highest BCUT2D eigenvalue weighted by atomic mass is 16.3. The van der Waals surface area contributed by atoms with E-state index in [-0.39, 0.29) is 0 Å². The number of aliphatic hydroxyl groups is 1. The summed E-state index contributed by atoms with van der Waals surface area (Å²) in [6.45, 7) is 4.81. The van der Waals surface area contributed by atoms with E-state index in [1.54, 1.807) is 0 Å². The minimum atomic E-state index is -0.541. The SMILES string of the molecule is CC(C)(O)[C@@H]1CCCCN1. The van der Waals surface area contributed by atoms with Gasteiger partial charge in [-0.2, -0.15) is 0 Å². The first kappa shape index (κ1) is 8.02. The molecule has 0 radical (unpaired) electrons. The summed E-state index contributed by atoms with van der Waals surface area (Å²) in [5.74, 6) is 0. The van der Waals surface area contributed by atoms with Crippen LogP contribution in [0, 0.1) is 0 Å². The number of hydrogen-bond acceptors (Lipinski definition) is 2. The molecule has 0 aromatic rings. The van der Waals surface area contributed by atoms with Gasteiger partial charge in [-0.25, -0.2) is 0 Å². The lowest BCUT2D eigenvalue weighted by Crippen LogP contribution is -2.49. The standard InChI is InChI=1S/C8H17NO/c1-8(2,10)7-5-3-4-6-9-7/h7,9-10H,3-6H2,1-2H3/t7-/m0/s1. The fourth-order valence-corrected chi connectivity index (χ4v) is 1.45. The molecule has 0 bridgehead atoms. The van der Waals surface area contributed by atoms with Gasteiger partial charge in [0.1, 0.15) is 0 Å². The van der Waals surface area contributed by atoms with Crippen LogP contribution in [0.1, 0.15) is 33.1 Å². The summed E-state index contributed by atoms with van der Waals surface area (Å²) in [5.41, 5.74) is -0.541. The Morgan fingerprint density at radius 2 is 2.10 bits per heavy atom. The van der Waals surface area contributed by atoms with E-state index in [0.29, 0.717) is 6.04 Å². The zero-order valence-corrected chi connectivity index (χ0v) is 6.85. The van der Waals surface area contributed by atoms with E-state index in [4.69, 9.17) is 0 Å². The Morgan fingerprint density at radius 3 is 2.40 bits per heavy atom. The van der Waals surface area contributed by atoms with Gasteiger partial charge in [0.05, 0.1) is 5.60 Å². The summed E-state index contributed by atoms with van der Waals surface area (Å²) in [6.07, 6.45) is 3.62. The van der Waals surface area contributed by atoms with Gasteiger partial charge in [-0.1, -0.05) is 6.42 Å². The zero-order chi connectivity index (χ0) is 7.61. The molecule has 10 heavy (non-hydrogen) atoms. The molecule has 1 atom stereocenters. The highest BCUT2D eigenvalue weighted by Crippen LogP contribution is 2.17. The van der Waals surface area contributed by atoms with Crippen LogP contribution in [-0.4, -0.2) is 23.3 Å². The Hall–Kier alpha value is -0.0800. The number of rotatable bonds is 1. The van der Waals surface area contributed by atoms with Crippen molar-refractivity contribution in [3.63, 3.8) is 0 Å². The van der Waals surface area contributed by atoms with E-state index in [9.17, 15) is 5.11 Å². The van der Waals surface area contributed by atoms with Gasteiger partial charge in [0.2, 0.25) is 0 Å². The molecule has 2 N–H and O–H groups in total. The largest absolute Gasteiger partial charge is 0.389 e. The van der Waals surface area contributed by atoms with Crippen molar-refractivity contribution >= 4 is 0 Å². The molecule has 0 spiro atoms. The third kappa shape index (κ3) is 1.96. The Labute approximate surface area is 62.6 Å². The highest BCUT2D eigenvalue weighted by Gasteiger charge is 2.27. The van der Waals surface area contributed by atoms with Gasteiger partial charge in [-0.3, -0.25) is 0 Å². The minimum Gasteiger partial charge on any atom is -0.389 e. The number of piperidine rings is 1. The molecule has 0 amide bonds. The fraction of sp³-hybridized carbons (Fsp3) is 1.00. The molecule has 1 saturated heterocycles. The fourth-order valence-electron chi connectivity index (χ4n) is 1.45. The van der Waals surface area contributed by atoms with Crippen LogP contribution in [0.3, 0.4) is 0 Å². The lowest BCUT2D eigenvalue weighted by molar-refractivity contribution is 0.0278.